The topological polar surface area (TPSA) is 119 Å². The van der Waals surface area contributed by atoms with Crippen LogP contribution in [-0.2, 0) is 6.42 Å². The van der Waals surface area contributed by atoms with E-state index in [0.29, 0.717) is 18.7 Å². The van der Waals surface area contributed by atoms with Crippen LogP contribution in [-0.4, -0.2) is 48.1 Å². The van der Waals surface area contributed by atoms with Crippen molar-refractivity contribution >= 4 is 5.91 Å². The SMILES string of the molecule is O=C(N[C@@H]1C[C@@H]1O)c1coc(Cc2ccc(-n3nccn3)cn2)n1. The summed E-state index contributed by atoms with van der Waals surface area (Å²) in [5.74, 6) is 0.0496. The normalized spacial score (nSPS) is 19.2. The maximum atomic E-state index is 11.9. The number of carbonyl (C=O) groups is 1. The summed E-state index contributed by atoms with van der Waals surface area (Å²) in [5, 5.41) is 20.0. The van der Waals surface area contributed by atoms with Crippen molar-refractivity contribution in [3.8, 4) is 5.69 Å². The van der Waals surface area contributed by atoms with Crippen LogP contribution in [0.15, 0.2) is 41.4 Å². The molecule has 122 valence electrons. The summed E-state index contributed by atoms with van der Waals surface area (Å²) in [5.41, 5.74) is 1.69. The second-order valence-corrected chi connectivity index (χ2v) is 5.51. The number of hydrogen-bond donors (Lipinski definition) is 2. The highest BCUT2D eigenvalue weighted by Gasteiger charge is 2.37. The van der Waals surface area contributed by atoms with E-state index in [1.54, 1.807) is 18.6 Å². The molecule has 0 spiro atoms. The van der Waals surface area contributed by atoms with Crippen LogP contribution < -0.4 is 5.32 Å². The van der Waals surface area contributed by atoms with E-state index in [2.05, 4.69) is 25.5 Å². The molecule has 0 saturated heterocycles. The molecule has 2 N–H and O–H groups in total. The number of nitrogens with zero attached hydrogens (tertiary/aromatic N) is 5. The van der Waals surface area contributed by atoms with E-state index >= 15 is 0 Å². The molecule has 3 heterocycles. The van der Waals surface area contributed by atoms with Gasteiger partial charge in [0, 0.05) is 5.69 Å². The Bertz CT molecular complexity index is 842. The Hall–Kier alpha value is -3.07. The predicted octanol–water partition coefficient (Wildman–Crippen LogP) is 0.104. The summed E-state index contributed by atoms with van der Waals surface area (Å²) in [6, 6.07) is 3.49. The third-order valence-corrected chi connectivity index (χ3v) is 3.65. The molecule has 1 fully saturated rings. The van der Waals surface area contributed by atoms with E-state index in [0.717, 1.165) is 11.4 Å². The number of hydrogen-bond acceptors (Lipinski definition) is 7. The van der Waals surface area contributed by atoms with Crippen molar-refractivity contribution in [1.82, 2.24) is 30.3 Å². The first kappa shape index (κ1) is 14.5. The van der Waals surface area contributed by atoms with Crippen molar-refractivity contribution < 1.29 is 14.3 Å². The average molecular weight is 326 g/mol. The van der Waals surface area contributed by atoms with Gasteiger partial charge in [0.05, 0.1) is 37.2 Å². The Labute approximate surface area is 136 Å². The van der Waals surface area contributed by atoms with E-state index < -0.39 is 6.10 Å². The summed E-state index contributed by atoms with van der Waals surface area (Å²) in [6.45, 7) is 0. The lowest BCUT2D eigenvalue weighted by atomic mass is 10.2. The summed E-state index contributed by atoms with van der Waals surface area (Å²) in [4.78, 5) is 21.8. The first-order valence-corrected chi connectivity index (χ1v) is 7.44. The largest absolute Gasteiger partial charge is 0.448 e. The molecule has 3 aromatic heterocycles. The summed E-state index contributed by atoms with van der Waals surface area (Å²) >= 11 is 0. The van der Waals surface area contributed by atoms with E-state index in [9.17, 15) is 9.90 Å². The Kier molecular flexibility index (Phi) is 3.54. The molecule has 0 bridgehead atoms. The Morgan fingerprint density at radius 3 is 2.83 bits per heavy atom. The third kappa shape index (κ3) is 3.01. The second kappa shape index (κ2) is 5.85. The molecule has 9 nitrogen and oxygen atoms in total. The molecule has 4 rings (SSSR count). The number of aliphatic hydroxyl groups is 1. The van der Waals surface area contributed by atoms with Crippen molar-refractivity contribution in [2.45, 2.75) is 25.0 Å². The Morgan fingerprint density at radius 2 is 2.17 bits per heavy atom. The average Bonchev–Trinajstić information content (AvgIpc) is 3.05. The van der Waals surface area contributed by atoms with Crippen LogP contribution in [0.3, 0.4) is 0 Å². The molecule has 1 amide bonds. The van der Waals surface area contributed by atoms with E-state index in [-0.39, 0.29) is 17.6 Å². The summed E-state index contributed by atoms with van der Waals surface area (Å²) < 4.78 is 5.32. The lowest BCUT2D eigenvalue weighted by Crippen LogP contribution is -2.27. The number of nitrogens with one attached hydrogen (secondary N) is 1. The monoisotopic (exact) mass is 326 g/mol. The zero-order valence-corrected chi connectivity index (χ0v) is 12.5. The fourth-order valence-corrected chi connectivity index (χ4v) is 2.22. The highest BCUT2D eigenvalue weighted by atomic mass is 16.3. The highest BCUT2D eigenvalue weighted by Crippen LogP contribution is 2.20. The fourth-order valence-electron chi connectivity index (χ4n) is 2.22. The molecule has 1 saturated carbocycles. The molecule has 1 aliphatic rings. The van der Waals surface area contributed by atoms with Crippen LogP contribution in [0.2, 0.25) is 0 Å². The van der Waals surface area contributed by atoms with Gasteiger partial charge in [0.15, 0.2) is 5.69 Å². The first-order valence-electron chi connectivity index (χ1n) is 7.44. The quantitative estimate of drug-likeness (QED) is 0.682. The van der Waals surface area contributed by atoms with Crippen molar-refractivity contribution in [3.05, 3.63) is 54.3 Å². The molecule has 2 atom stereocenters. The molecule has 0 radical (unpaired) electrons. The second-order valence-electron chi connectivity index (χ2n) is 5.51. The van der Waals surface area contributed by atoms with Gasteiger partial charge in [-0.25, -0.2) is 4.98 Å². The Morgan fingerprint density at radius 1 is 1.38 bits per heavy atom. The lowest BCUT2D eigenvalue weighted by Gasteiger charge is -2.01. The van der Waals surface area contributed by atoms with Gasteiger partial charge in [0.1, 0.15) is 12.0 Å². The zero-order valence-electron chi connectivity index (χ0n) is 12.5. The minimum Gasteiger partial charge on any atom is -0.448 e. The van der Waals surface area contributed by atoms with Gasteiger partial charge in [-0.15, -0.1) is 0 Å². The van der Waals surface area contributed by atoms with Crippen LogP contribution in [0, 0.1) is 0 Å². The van der Waals surface area contributed by atoms with Crippen molar-refractivity contribution in [3.63, 3.8) is 0 Å². The minimum absolute atomic E-state index is 0.178. The minimum atomic E-state index is -0.452. The van der Waals surface area contributed by atoms with Crippen LogP contribution in [0.4, 0.5) is 0 Å². The van der Waals surface area contributed by atoms with Gasteiger partial charge in [-0.3, -0.25) is 9.78 Å². The van der Waals surface area contributed by atoms with Gasteiger partial charge < -0.3 is 14.8 Å². The predicted molar refractivity (Wildman–Crippen MR) is 80.3 cm³/mol. The van der Waals surface area contributed by atoms with E-state index in [1.807, 2.05) is 12.1 Å². The van der Waals surface area contributed by atoms with Crippen LogP contribution in [0.25, 0.3) is 5.69 Å². The molecular weight excluding hydrogens is 312 g/mol. The number of aromatic nitrogens is 5. The number of rotatable bonds is 5. The Balaban J connectivity index is 1.41. The molecule has 3 aromatic rings. The smallest absolute Gasteiger partial charge is 0.273 e. The molecule has 0 aromatic carbocycles. The van der Waals surface area contributed by atoms with Crippen molar-refractivity contribution in [2.24, 2.45) is 0 Å². The van der Waals surface area contributed by atoms with E-state index in [4.69, 9.17) is 4.42 Å². The zero-order chi connectivity index (χ0) is 16.5. The molecule has 0 unspecified atom stereocenters. The molecule has 0 aliphatic heterocycles. The summed E-state index contributed by atoms with van der Waals surface area (Å²) in [7, 11) is 0. The molecule has 24 heavy (non-hydrogen) atoms. The lowest BCUT2D eigenvalue weighted by molar-refractivity contribution is 0.0937. The van der Waals surface area contributed by atoms with Crippen LogP contribution in [0.5, 0.6) is 0 Å². The van der Waals surface area contributed by atoms with Gasteiger partial charge in [-0.2, -0.15) is 15.0 Å². The number of oxazole rings is 1. The maximum absolute atomic E-state index is 11.9. The first-order chi connectivity index (χ1) is 11.7. The van der Waals surface area contributed by atoms with Gasteiger partial charge in [0.25, 0.3) is 5.91 Å². The standard InChI is InChI=1S/C15H14N6O3/c22-13-6-11(13)20-15(23)12-8-24-14(19-12)5-9-1-2-10(7-16-9)21-17-3-4-18-21/h1-4,7-8,11,13,22H,5-6H2,(H,20,23)/t11-,13+/m1/s1. The van der Waals surface area contributed by atoms with Gasteiger partial charge >= 0.3 is 0 Å². The van der Waals surface area contributed by atoms with Crippen molar-refractivity contribution in [1.29, 1.82) is 0 Å². The third-order valence-electron chi connectivity index (χ3n) is 3.65. The number of pyridine rings is 1. The molecular formula is C15H14N6O3. The number of aliphatic hydroxyl groups excluding tert-OH is 1. The summed E-state index contributed by atoms with van der Waals surface area (Å²) in [6.07, 6.45) is 6.64. The number of amides is 1. The van der Waals surface area contributed by atoms with Crippen LogP contribution in [0.1, 0.15) is 28.5 Å². The van der Waals surface area contributed by atoms with Gasteiger partial charge in [-0.1, -0.05) is 0 Å². The molecule has 9 heteroatoms. The molecule has 1 aliphatic carbocycles. The fraction of sp³-hybridized carbons (Fsp3) is 0.267. The van der Waals surface area contributed by atoms with E-state index in [1.165, 1.54) is 11.1 Å². The van der Waals surface area contributed by atoms with Gasteiger partial charge in [0.2, 0.25) is 5.89 Å². The van der Waals surface area contributed by atoms with Crippen molar-refractivity contribution in [2.75, 3.05) is 0 Å². The maximum Gasteiger partial charge on any atom is 0.273 e. The number of carbonyl (C=O) groups excluding carboxylic acids is 1. The highest BCUT2D eigenvalue weighted by molar-refractivity contribution is 5.92. The van der Waals surface area contributed by atoms with Gasteiger partial charge in [-0.05, 0) is 18.6 Å². The van der Waals surface area contributed by atoms with Crippen LogP contribution >= 0.6 is 0 Å².